The van der Waals surface area contributed by atoms with Crippen molar-refractivity contribution in [2.75, 3.05) is 18.4 Å². The fourth-order valence-electron chi connectivity index (χ4n) is 2.07. The van der Waals surface area contributed by atoms with Crippen molar-refractivity contribution in [2.24, 2.45) is 11.7 Å². The second kappa shape index (κ2) is 9.24. The number of halogens is 1. The third-order valence-corrected chi connectivity index (χ3v) is 3.64. The minimum absolute atomic E-state index is 0. The first kappa shape index (κ1) is 19.9. The van der Waals surface area contributed by atoms with Crippen LogP contribution in [0.15, 0.2) is 24.3 Å². The Kier molecular flexibility index (Phi) is 7.67. The molecule has 1 aliphatic carbocycles. The molecule has 0 heterocycles. The number of benzene rings is 1. The van der Waals surface area contributed by atoms with E-state index in [0.29, 0.717) is 0 Å². The van der Waals surface area contributed by atoms with Crippen LogP contribution in [0.3, 0.4) is 0 Å². The molecule has 0 radical (unpaired) electrons. The highest BCUT2D eigenvalue weighted by molar-refractivity contribution is 5.94. The van der Waals surface area contributed by atoms with Crippen molar-refractivity contribution in [3.63, 3.8) is 0 Å². The second-order valence-electron chi connectivity index (χ2n) is 5.66. The second-order valence-corrected chi connectivity index (χ2v) is 5.66. The van der Waals surface area contributed by atoms with E-state index in [4.69, 9.17) is 5.73 Å². The summed E-state index contributed by atoms with van der Waals surface area (Å²) in [6, 6.07) is 7.13. The maximum Gasteiger partial charge on any atom is 0.239 e. The van der Waals surface area contributed by atoms with E-state index in [1.165, 1.54) is 0 Å². The number of carbonyl (C=O) groups is 3. The molecular weight excluding hydrogens is 332 g/mol. The molecule has 0 aromatic heterocycles. The lowest BCUT2D eigenvalue weighted by Crippen LogP contribution is -2.40. The van der Waals surface area contributed by atoms with Gasteiger partial charge in [-0.25, -0.2) is 0 Å². The van der Waals surface area contributed by atoms with Crippen LogP contribution in [-0.2, 0) is 14.4 Å². The molecule has 0 saturated heterocycles. The molecule has 3 amide bonds. The summed E-state index contributed by atoms with van der Waals surface area (Å²) in [5.41, 5.74) is 6.81. The summed E-state index contributed by atoms with van der Waals surface area (Å²) in [6.45, 7) is 1.60. The first-order valence-corrected chi connectivity index (χ1v) is 7.66. The molecule has 1 aromatic rings. The number of nitrogens with two attached hydrogens (primary N) is 1. The molecule has 8 heteroatoms. The molecule has 1 aliphatic rings. The van der Waals surface area contributed by atoms with E-state index in [1.807, 2.05) is 31.2 Å². The normalized spacial score (nSPS) is 14.1. The maximum absolute atomic E-state index is 11.7. The molecule has 24 heavy (non-hydrogen) atoms. The Balaban J connectivity index is 0.00000288. The Bertz CT molecular complexity index is 587. The summed E-state index contributed by atoms with van der Waals surface area (Å²) in [5, 5.41) is 8.06. The van der Waals surface area contributed by atoms with Gasteiger partial charge in [0.25, 0.3) is 0 Å². The Morgan fingerprint density at radius 2 is 1.79 bits per heavy atom. The summed E-state index contributed by atoms with van der Waals surface area (Å²) in [5.74, 6) is -0.430. The summed E-state index contributed by atoms with van der Waals surface area (Å²) in [7, 11) is 0. The van der Waals surface area contributed by atoms with Gasteiger partial charge >= 0.3 is 0 Å². The molecule has 0 spiro atoms. The number of hydrogen-bond acceptors (Lipinski definition) is 4. The quantitative estimate of drug-likeness (QED) is 0.577. The van der Waals surface area contributed by atoms with Crippen LogP contribution >= 0.6 is 12.4 Å². The molecule has 132 valence electrons. The Labute approximate surface area is 147 Å². The zero-order chi connectivity index (χ0) is 16.8. The van der Waals surface area contributed by atoms with Crippen molar-refractivity contribution in [3.05, 3.63) is 29.8 Å². The molecule has 1 unspecified atom stereocenters. The summed E-state index contributed by atoms with van der Waals surface area (Å²) < 4.78 is 0. The van der Waals surface area contributed by atoms with Crippen LogP contribution in [0.4, 0.5) is 5.69 Å². The fraction of sp³-hybridized carbons (Fsp3) is 0.438. The zero-order valence-corrected chi connectivity index (χ0v) is 14.3. The standard InChI is InChI=1S/C16H22N4O3.ClH/c1-10(19-15(22)9-18-14(21)8-17)11-4-6-13(7-5-11)20-16(23)12-2-3-12;/h4-7,10,12H,2-3,8-9,17H2,1H3,(H,18,21)(H,19,22)(H,20,23);1H. The summed E-state index contributed by atoms with van der Waals surface area (Å²) in [6.07, 6.45) is 1.93. The van der Waals surface area contributed by atoms with E-state index in [9.17, 15) is 14.4 Å². The van der Waals surface area contributed by atoms with E-state index in [-0.39, 0.29) is 55.2 Å². The molecular formula is C16H23ClN4O3. The van der Waals surface area contributed by atoms with Gasteiger partial charge in [-0.3, -0.25) is 14.4 Å². The number of anilines is 1. The average Bonchev–Trinajstić information content (AvgIpc) is 3.38. The minimum atomic E-state index is -0.372. The third-order valence-electron chi connectivity index (χ3n) is 3.64. The number of rotatable bonds is 7. The molecule has 1 fully saturated rings. The van der Waals surface area contributed by atoms with Gasteiger partial charge < -0.3 is 21.7 Å². The van der Waals surface area contributed by atoms with E-state index in [1.54, 1.807) is 0 Å². The van der Waals surface area contributed by atoms with Gasteiger partial charge in [0, 0.05) is 11.6 Å². The van der Waals surface area contributed by atoms with Crippen molar-refractivity contribution < 1.29 is 14.4 Å². The van der Waals surface area contributed by atoms with Crippen LogP contribution in [0.2, 0.25) is 0 Å². The van der Waals surface area contributed by atoms with Crippen LogP contribution in [-0.4, -0.2) is 30.8 Å². The maximum atomic E-state index is 11.7. The van der Waals surface area contributed by atoms with Gasteiger partial charge in [-0.2, -0.15) is 0 Å². The highest BCUT2D eigenvalue weighted by Crippen LogP contribution is 2.30. The van der Waals surface area contributed by atoms with Crippen LogP contribution in [0.5, 0.6) is 0 Å². The van der Waals surface area contributed by atoms with Crippen molar-refractivity contribution in [3.8, 4) is 0 Å². The van der Waals surface area contributed by atoms with Crippen molar-refractivity contribution in [2.45, 2.75) is 25.8 Å². The molecule has 1 atom stereocenters. The minimum Gasteiger partial charge on any atom is -0.348 e. The van der Waals surface area contributed by atoms with Gasteiger partial charge in [-0.15, -0.1) is 12.4 Å². The monoisotopic (exact) mass is 354 g/mol. The predicted molar refractivity (Wildman–Crippen MR) is 93.7 cm³/mol. The van der Waals surface area contributed by atoms with Crippen molar-refractivity contribution in [1.29, 1.82) is 0 Å². The van der Waals surface area contributed by atoms with E-state index >= 15 is 0 Å². The summed E-state index contributed by atoms with van der Waals surface area (Å²) >= 11 is 0. The molecule has 1 saturated carbocycles. The Morgan fingerprint density at radius 1 is 1.17 bits per heavy atom. The van der Waals surface area contributed by atoms with Crippen molar-refractivity contribution in [1.82, 2.24) is 10.6 Å². The van der Waals surface area contributed by atoms with Crippen molar-refractivity contribution >= 4 is 35.8 Å². The number of nitrogens with one attached hydrogen (secondary N) is 3. The molecule has 5 N–H and O–H groups in total. The molecule has 2 rings (SSSR count). The smallest absolute Gasteiger partial charge is 0.239 e. The lowest BCUT2D eigenvalue weighted by molar-refractivity contribution is -0.125. The topological polar surface area (TPSA) is 113 Å². The van der Waals surface area contributed by atoms with Crippen LogP contribution in [0.1, 0.15) is 31.4 Å². The van der Waals surface area contributed by atoms with E-state index in [2.05, 4.69) is 16.0 Å². The van der Waals surface area contributed by atoms with Gasteiger partial charge in [0.05, 0.1) is 19.1 Å². The highest BCUT2D eigenvalue weighted by Gasteiger charge is 2.29. The van der Waals surface area contributed by atoms with Gasteiger partial charge in [-0.1, -0.05) is 12.1 Å². The molecule has 1 aromatic carbocycles. The van der Waals surface area contributed by atoms with E-state index < -0.39 is 0 Å². The highest BCUT2D eigenvalue weighted by atomic mass is 35.5. The summed E-state index contributed by atoms with van der Waals surface area (Å²) in [4.78, 5) is 34.4. The SMILES string of the molecule is CC(NC(=O)CNC(=O)CN)c1ccc(NC(=O)C2CC2)cc1.Cl. The van der Waals surface area contributed by atoms with E-state index in [0.717, 1.165) is 24.1 Å². The zero-order valence-electron chi connectivity index (χ0n) is 13.5. The van der Waals surface area contributed by atoms with Crippen LogP contribution in [0, 0.1) is 5.92 Å². The van der Waals surface area contributed by atoms with Gasteiger partial charge in [0.2, 0.25) is 17.7 Å². The van der Waals surface area contributed by atoms with Crippen LogP contribution < -0.4 is 21.7 Å². The fourth-order valence-corrected chi connectivity index (χ4v) is 2.07. The molecule has 0 aliphatic heterocycles. The average molecular weight is 355 g/mol. The number of amides is 3. The molecule has 7 nitrogen and oxygen atoms in total. The largest absolute Gasteiger partial charge is 0.348 e. The van der Waals surface area contributed by atoms with Gasteiger partial charge in [0.1, 0.15) is 0 Å². The number of carbonyl (C=O) groups excluding carboxylic acids is 3. The third kappa shape index (κ3) is 6.17. The Hall–Kier alpha value is -2.12. The van der Waals surface area contributed by atoms with Gasteiger partial charge in [-0.05, 0) is 37.5 Å². The Morgan fingerprint density at radius 3 is 2.33 bits per heavy atom. The lowest BCUT2D eigenvalue weighted by Gasteiger charge is -2.15. The first-order valence-electron chi connectivity index (χ1n) is 7.66. The first-order chi connectivity index (χ1) is 11.0. The van der Waals surface area contributed by atoms with Gasteiger partial charge in [0.15, 0.2) is 0 Å². The predicted octanol–water partition coefficient (Wildman–Crippen LogP) is 0.709. The number of hydrogen-bond donors (Lipinski definition) is 4. The molecule has 0 bridgehead atoms. The lowest BCUT2D eigenvalue weighted by atomic mass is 10.1. The van der Waals surface area contributed by atoms with Crippen LogP contribution in [0.25, 0.3) is 0 Å².